The second-order valence-corrected chi connectivity index (χ2v) is 3.24. The van der Waals surface area contributed by atoms with E-state index in [-0.39, 0.29) is 13.0 Å². The Morgan fingerprint density at radius 1 is 1.07 bits per heavy atom. The average Bonchev–Trinajstić information content (AvgIpc) is 2.16. The molecule has 0 unspecified atom stereocenters. The minimum atomic E-state index is -2.28. The van der Waals surface area contributed by atoms with Crippen LogP contribution in [0.15, 0.2) is 24.3 Å². The molecule has 0 bridgehead atoms. The van der Waals surface area contributed by atoms with Crippen molar-refractivity contribution >= 4 is 0 Å². The molecular formula is C11H14F2O. The number of aliphatic hydroxyl groups is 1. The van der Waals surface area contributed by atoms with Crippen LogP contribution in [0.1, 0.15) is 17.5 Å². The van der Waals surface area contributed by atoms with Crippen LogP contribution in [0.2, 0.25) is 0 Å². The van der Waals surface area contributed by atoms with E-state index < -0.39 is 6.43 Å². The van der Waals surface area contributed by atoms with E-state index in [1.54, 1.807) is 12.1 Å². The normalized spacial score (nSPS) is 10.9. The molecule has 0 saturated carbocycles. The standard InChI is InChI=1S/C11H14F2O/c12-11(13)8-10-5-3-9(4-6-10)2-1-7-14/h3-6,11,14H,1-2,7-8H2. The summed E-state index contributed by atoms with van der Waals surface area (Å²) in [6.45, 7) is 0.165. The minimum Gasteiger partial charge on any atom is -0.396 e. The zero-order chi connectivity index (χ0) is 10.4. The van der Waals surface area contributed by atoms with E-state index in [2.05, 4.69) is 0 Å². The van der Waals surface area contributed by atoms with Gasteiger partial charge in [0.05, 0.1) is 0 Å². The molecule has 0 saturated heterocycles. The Bertz CT molecular complexity index is 256. The molecular weight excluding hydrogens is 186 g/mol. The Morgan fingerprint density at radius 3 is 2.14 bits per heavy atom. The van der Waals surface area contributed by atoms with E-state index in [4.69, 9.17) is 5.11 Å². The molecule has 0 radical (unpaired) electrons. The van der Waals surface area contributed by atoms with Crippen LogP contribution in [-0.4, -0.2) is 18.1 Å². The maximum absolute atomic E-state index is 12.0. The zero-order valence-corrected chi connectivity index (χ0v) is 7.92. The monoisotopic (exact) mass is 200 g/mol. The summed E-state index contributed by atoms with van der Waals surface area (Å²) in [7, 11) is 0. The Labute approximate surface area is 82.4 Å². The van der Waals surface area contributed by atoms with Gasteiger partial charge in [-0.3, -0.25) is 0 Å². The molecule has 1 nitrogen and oxygen atoms in total. The number of hydrogen-bond acceptors (Lipinski definition) is 1. The summed E-state index contributed by atoms with van der Waals surface area (Å²) >= 11 is 0. The third-order valence-electron chi connectivity index (χ3n) is 2.04. The van der Waals surface area contributed by atoms with Crippen LogP contribution in [0.5, 0.6) is 0 Å². The summed E-state index contributed by atoms with van der Waals surface area (Å²) in [6.07, 6.45) is -0.946. The molecule has 78 valence electrons. The summed E-state index contributed by atoms with van der Waals surface area (Å²) in [4.78, 5) is 0. The highest BCUT2D eigenvalue weighted by Crippen LogP contribution is 2.10. The third kappa shape index (κ3) is 3.83. The highest BCUT2D eigenvalue weighted by Gasteiger charge is 2.03. The lowest BCUT2D eigenvalue weighted by Gasteiger charge is -2.02. The number of rotatable bonds is 5. The van der Waals surface area contributed by atoms with Crippen molar-refractivity contribution in [3.63, 3.8) is 0 Å². The number of halogens is 2. The fraction of sp³-hybridized carbons (Fsp3) is 0.455. The number of alkyl halides is 2. The van der Waals surface area contributed by atoms with E-state index in [0.717, 1.165) is 12.0 Å². The van der Waals surface area contributed by atoms with Crippen molar-refractivity contribution in [1.29, 1.82) is 0 Å². The van der Waals surface area contributed by atoms with Gasteiger partial charge in [-0.25, -0.2) is 8.78 Å². The summed E-state index contributed by atoms with van der Waals surface area (Å²) in [6, 6.07) is 7.12. The topological polar surface area (TPSA) is 20.2 Å². The fourth-order valence-corrected chi connectivity index (χ4v) is 1.30. The van der Waals surface area contributed by atoms with Crippen LogP contribution < -0.4 is 0 Å². The molecule has 0 aliphatic carbocycles. The Morgan fingerprint density at radius 2 is 1.64 bits per heavy atom. The van der Waals surface area contributed by atoms with Gasteiger partial charge in [0.25, 0.3) is 0 Å². The molecule has 0 fully saturated rings. The molecule has 0 aliphatic heterocycles. The molecule has 14 heavy (non-hydrogen) atoms. The molecule has 0 amide bonds. The van der Waals surface area contributed by atoms with Crippen LogP contribution >= 0.6 is 0 Å². The molecule has 1 aromatic carbocycles. The first-order valence-corrected chi connectivity index (χ1v) is 4.69. The predicted octanol–water partition coefficient (Wildman–Crippen LogP) is 2.42. The Hall–Kier alpha value is -0.960. The second kappa shape index (κ2) is 5.70. The first-order valence-electron chi connectivity index (χ1n) is 4.69. The van der Waals surface area contributed by atoms with Gasteiger partial charge in [-0.1, -0.05) is 24.3 Å². The summed E-state index contributed by atoms with van der Waals surface area (Å²) in [5.74, 6) is 0. The summed E-state index contributed by atoms with van der Waals surface area (Å²) in [5, 5.41) is 8.60. The van der Waals surface area contributed by atoms with Gasteiger partial charge in [0.2, 0.25) is 6.43 Å². The van der Waals surface area contributed by atoms with Crippen LogP contribution in [0.25, 0.3) is 0 Å². The van der Waals surface area contributed by atoms with Gasteiger partial charge in [0.15, 0.2) is 0 Å². The first-order chi connectivity index (χ1) is 6.72. The molecule has 1 N–H and O–H groups in total. The van der Waals surface area contributed by atoms with Crippen molar-refractivity contribution in [3.05, 3.63) is 35.4 Å². The van der Waals surface area contributed by atoms with Gasteiger partial charge in [-0.05, 0) is 24.0 Å². The first kappa shape index (κ1) is 11.1. The van der Waals surface area contributed by atoms with Crippen molar-refractivity contribution in [3.8, 4) is 0 Å². The Kier molecular flexibility index (Phi) is 4.53. The third-order valence-corrected chi connectivity index (χ3v) is 2.04. The van der Waals surface area contributed by atoms with Crippen LogP contribution in [-0.2, 0) is 12.8 Å². The number of aryl methyl sites for hydroxylation is 1. The van der Waals surface area contributed by atoms with Crippen molar-refractivity contribution in [2.45, 2.75) is 25.7 Å². The second-order valence-electron chi connectivity index (χ2n) is 3.24. The van der Waals surface area contributed by atoms with E-state index >= 15 is 0 Å². The molecule has 0 spiro atoms. The fourth-order valence-electron chi connectivity index (χ4n) is 1.30. The lowest BCUT2D eigenvalue weighted by Crippen LogP contribution is -1.97. The molecule has 0 aliphatic rings. The quantitative estimate of drug-likeness (QED) is 0.773. The highest BCUT2D eigenvalue weighted by molar-refractivity contribution is 5.22. The average molecular weight is 200 g/mol. The van der Waals surface area contributed by atoms with E-state index in [1.807, 2.05) is 12.1 Å². The van der Waals surface area contributed by atoms with Gasteiger partial charge >= 0.3 is 0 Å². The van der Waals surface area contributed by atoms with Crippen molar-refractivity contribution in [2.24, 2.45) is 0 Å². The summed E-state index contributed by atoms with van der Waals surface area (Å²) in [5.41, 5.74) is 1.74. The lowest BCUT2D eigenvalue weighted by atomic mass is 10.1. The van der Waals surface area contributed by atoms with Gasteiger partial charge in [-0.2, -0.15) is 0 Å². The van der Waals surface area contributed by atoms with Crippen LogP contribution in [0.3, 0.4) is 0 Å². The maximum Gasteiger partial charge on any atom is 0.242 e. The van der Waals surface area contributed by atoms with Crippen molar-refractivity contribution in [2.75, 3.05) is 6.61 Å². The van der Waals surface area contributed by atoms with E-state index in [0.29, 0.717) is 12.0 Å². The predicted molar refractivity (Wildman–Crippen MR) is 51.6 cm³/mol. The molecule has 3 heteroatoms. The van der Waals surface area contributed by atoms with E-state index in [9.17, 15) is 8.78 Å². The van der Waals surface area contributed by atoms with Crippen LogP contribution in [0.4, 0.5) is 8.78 Å². The molecule has 1 rings (SSSR count). The molecule has 1 aromatic rings. The van der Waals surface area contributed by atoms with Crippen molar-refractivity contribution in [1.82, 2.24) is 0 Å². The van der Waals surface area contributed by atoms with Crippen molar-refractivity contribution < 1.29 is 13.9 Å². The largest absolute Gasteiger partial charge is 0.396 e. The Balaban J connectivity index is 2.50. The highest BCUT2D eigenvalue weighted by atomic mass is 19.3. The SMILES string of the molecule is OCCCc1ccc(CC(F)F)cc1. The number of benzene rings is 1. The smallest absolute Gasteiger partial charge is 0.242 e. The molecule has 0 atom stereocenters. The van der Waals surface area contributed by atoms with Gasteiger partial charge in [0.1, 0.15) is 0 Å². The van der Waals surface area contributed by atoms with Gasteiger partial charge < -0.3 is 5.11 Å². The van der Waals surface area contributed by atoms with Gasteiger partial charge in [-0.15, -0.1) is 0 Å². The maximum atomic E-state index is 12.0. The molecule has 0 heterocycles. The summed E-state index contributed by atoms with van der Waals surface area (Å²) < 4.78 is 24.0. The zero-order valence-electron chi connectivity index (χ0n) is 7.92. The van der Waals surface area contributed by atoms with E-state index in [1.165, 1.54) is 0 Å². The number of aliphatic hydroxyl groups excluding tert-OH is 1. The lowest BCUT2D eigenvalue weighted by molar-refractivity contribution is 0.149. The van der Waals surface area contributed by atoms with Gasteiger partial charge in [0, 0.05) is 13.0 Å². The van der Waals surface area contributed by atoms with Crippen LogP contribution in [0, 0.1) is 0 Å². The minimum absolute atomic E-state index is 0.165. The number of hydrogen-bond donors (Lipinski definition) is 1. The molecule has 0 aromatic heterocycles.